The van der Waals surface area contributed by atoms with Gasteiger partial charge in [-0.05, 0) is 24.3 Å². The van der Waals surface area contributed by atoms with E-state index in [0.717, 1.165) is 0 Å². The fourth-order valence-corrected chi connectivity index (χ4v) is 3.22. The Hall–Kier alpha value is -2.92. The molecular formula is C19H14Cl3N5O2. The number of nitrogens with two attached hydrogens (primary N) is 2. The van der Waals surface area contributed by atoms with Gasteiger partial charge < -0.3 is 20.9 Å². The lowest BCUT2D eigenvalue weighted by Gasteiger charge is -2.14. The van der Waals surface area contributed by atoms with Crippen molar-refractivity contribution >= 4 is 46.6 Å². The number of nitrogens with zero attached hydrogens (tertiary/aromatic N) is 3. The monoisotopic (exact) mass is 449 g/mol. The van der Waals surface area contributed by atoms with Gasteiger partial charge in [0.1, 0.15) is 35.6 Å². The molecule has 0 radical (unpaired) electrons. The number of rotatable bonds is 5. The molecule has 7 nitrogen and oxygen atoms in total. The number of nitrogen functional groups attached to an aromatic ring is 2. The predicted molar refractivity (Wildman–Crippen MR) is 113 cm³/mol. The maximum absolute atomic E-state index is 9.41. The van der Waals surface area contributed by atoms with Crippen LogP contribution >= 0.6 is 34.8 Å². The van der Waals surface area contributed by atoms with Gasteiger partial charge in [-0.25, -0.2) is 4.98 Å². The minimum absolute atomic E-state index is 0.00575. The molecule has 1 aromatic heterocycles. The summed E-state index contributed by atoms with van der Waals surface area (Å²) in [6.45, 7) is 0.104. The number of anilines is 2. The van der Waals surface area contributed by atoms with Crippen molar-refractivity contribution in [3.05, 3.63) is 56.5 Å². The molecule has 0 aliphatic rings. The summed E-state index contributed by atoms with van der Waals surface area (Å²) in [7, 11) is 1.53. The summed E-state index contributed by atoms with van der Waals surface area (Å²) < 4.78 is 11.2. The molecule has 29 heavy (non-hydrogen) atoms. The third-order valence-corrected chi connectivity index (χ3v) is 5.00. The van der Waals surface area contributed by atoms with Crippen molar-refractivity contribution in [3.63, 3.8) is 0 Å². The van der Waals surface area contributed by atoms with E-state index in [0.29, 0.717) is 43.4 Å². The van der Waals surface area contributed by atoms with Gasteiger partial charge in [-0.1, -0.05) is 34.8 Å². The first-order valence-electron chi connectivity index (χ1n) is 8.11. The van der Waals surface area contributed by atoms with Crippen LogP contribution in [0.15, 0.2) is 30.3 Å². The van der Waals surface area contributed by atoms with E-state index in [1.54, 1.807) is 18.2 Å². The van der Waals surface area contributed by atoms with E-state index >= 15 is 0 Å². The normalized spacial score (nSPS) is 10.4. The molecule has 0 fully saturated rings. The molecule has 0 saturated carbocycles. The van der Waals surface area contributed by atoms with Crippen molar-refractivity contribution in [2.45, 2.75) is 6.61 Å². The summed E-state index contributed by atoms with van der Waals surface area (Å²) >= 11 is 18.1. The first kappa shape index (κ1) is 20.8. The zero-order valence-corrected chi connectivity index (χ0v) is 17.3. The molecule has 3 aromatic rings. The second-order valence-corrected chi connectivity index (χ2v) is 7.04. The molecule has 4 N–H and O–H groups in total. The Morgan fingerprint density at radius 2 is 1.72 bits per heavy atom. The number of aromatic nitrogens is 2. The predicted octanol–water partition coefficient (Wildman–Crippen LogP) is 4.73. The van der Waals surface area contributed by atoms with Crippen LogP contribution in [0, 0.1) is 11.3 Å². The van der Waals surface area contributed by atoms with Crippen LogP contribution in [0.5, 0.6) is 11.5 Å². The Labute approximate surface area is 181 Å². The molecule has 2 aromatic carbocycles. The lowest BCUT2D eigenvalue weighted by Crippen LogP contribution is -2.05. The fraction of sp³-hybridized carbons (Fsp3) is 0.105. The summed E-state index contributed by atoms with van der Waals surface area (Å²) in [5.74, 6) is 0.902. The van der Waals surface area contributed by atoms with Crippen LogP contribution in [-0.2, 0) is 6.61 Å². The van der Waals surface area contributed by atoms with Crippen molar-refractivity contribution in [1.29, 1.82) is 5.26 Å². The highest BCUT2D eigenvalue weighted by molar-refractivity contribution is 6.43. The molecule has 0 amide bonds. The minimum Gasteiger partial charge on any atom is -0.496 e. The molecule has 3 rings (SSSR count). The molecule has 148 valence electrons. The summed E-state index contributed by atoms with van der Waals surface area (Å²) in [5.41, 5.74) is 13.2. The van der Waals surface area contributed by atoms with Crippen LogP contribution in [0.2, 0.25) is 15.1 Å². The molecule has 1 heterocycles. The van der Waals surface area contributed by atoms with Crippen molar-refractivity contribution in [3.8, 4) is 28.8 Å². The Morgan fingerprint density at radius 3 is 2.41 bits per heavy atom. The largest absolute Gasteiger partial charge is 0.496 e. The lowest BCUT2D eigenvalue weighted by atomic mass is 10.0. The van der Waals surface area contributed by atoms with Gasteiger partial charge in [-0.2, -0.15) is 10.2 Å². The summed E-state index contributed by atoms with van der Waals surface area (Å²) in [6.07, 6.45) is 0. The maximum atomic E-state index is 9.41. The number of hydrogen-bond acceptors (Lipinski definition) is 7. The second-order valence-electron chi connectivity index (χ2n) is 5.81. The van der Waals surface area contributed by atoms with Gasteiger partial charge >= 0.3 is 0 Å². The summed E-state index contributed by atoms with van der Waals surface area (Å²) in [5, 5.41) is 10.4. The maximum Gasteiger partial charge on any atom is 0.222 e. The van der Waals surface area contributed by atoms with Gasteiger partial charge in [-0.15, -0.1) is 0 Å². The van der Waals surface area contributed by atoms with E-state index < -0.39 is 0 Å². The fourth-order valence-electron chi connectivity index (χ4n) is 2.62. The molecule has 0 spiro atoms. The van der Waals surface area contributed by atoms with Gasteiger partial charge in [0.15, 0.2) is 0 Å². The summed E-state index contributed by atoms with van der Waals surface area (Å²) in [4.78, 5) is 7.98. The average molecular weight is 451 g/mol. The van der Waals surface area contributed by atoms with Crippen LogP contribution in [-0.4, -0.2) is 17.1 Å². The Kier molecular flexibility index (Phi) is 6.18. The first-order valence-corrected chi connectivity index (χ1v) is 9.25. The van der Waals surface area contributed by atoms with Gasteiger partial charge in [-0.3, -0.25) is 0 Å². The Balaban J connectivity index is 1.99. The lowest BCUT2D eigenvalue weighted by molar-refractivity contribution is 0.297. The molecular weight excluding hydrogens is 437 g/mol. The molecule has 0 aliphatic heterocycles. The SMILES string of the molecule is COc1ccc(-c2nc(N)nc(N)c2C#N)cc1COc1cc(Cl)c(Cl)cc1Cl. The van der Waals surface area contributed by atoms with E-state index in [1.807, 2.05) is 6.07 Å². The zero-order valence-electron chi connectivity index (χ0n) is 15.0. The molecule has 0 aliphatic carbocycles. The van der Waals surface area contributed by atoms with Crippen LogP contribution in [0.25, 0.3) is 11.3 Å². The molecule has 0 atom stereocenters. The van der Waals surface area contributed by atoms with Crippen LogP contribution in [0.4, 0.5) is 11.8 Å². The Morgan fingerprint density at radius 1 is 1.00 bits per heavy atom. The number of methoxy groups -OCH3 is 1. The van der Waals surface area contributed by atoms with E-state index in [9.17, 15) is 5.26 Å². The van der Waals surface area contributed by atoms with Gasteiger partial charge in [0, 0.05) is 17.2 Å². The van der Waals surface area contributed by atoms with Crippen LogP contribution in [0.3, 0.4) is 0 Å². The van der Waals surface area contributed by atoms with Gasteiger partial charge in [0.2, 0.25) is 5.95 Å². The molecule has 0 saturated heterocycles. The first-order chi connectivity index (χ1) is 13.8. The molecule has 0 unspecified atom stereocenters. The van der Waals surface area contributed by atoms with E-state index in [-0.39, 0.29) is 23.9 Å². The third kappa shape index (κ3) is 4.40. The zero-order chi connectivity index (χ0) is 21.1. The highest BCUT2D eigenvalue weighted by Gasteiger charge is 2.16. The average Bonchev–Trinajstić information content (AvgIpc) is 2.69. The number of halogens is 3. The van der Waals surface area contributed by atoms with E-state index in [4.69, 9.17) is 55.7 Å². The van der Waals surface area contributed by atoms with Crippen molar-refractivity contribution in [2.75, 3.05) is 18.6 Å². The van der Waals surface area contributed by atoms with Crippen LogP contribution in [0.1, 0.15) is 11.1 Å². The summed E-state index contributed by atoms with van der Waals surface area (Å²) in [6, 6.07) is 10.2. The van der Waals surface area contributed by atoms with Crippen molar-refractivity contribution < 1.29 is 9.47 Å². The third-order valence-electron chi connectivity index (χ3n) is 3.98. The smallest absolute Gasteiger partial charge is 0.222 e. The van der Waals surface area contributed by atoms with Gasteiger partial charge in [0.05, 0.1) is 27.9 Å². The number of nitriles is 1. The number of hydrogen-bond donors (Lipinski definition) is 2. The molecule has 0 bridgehead atoms. The van der Waals surface area contributed by atoms with Gasteiger partial charge in [0.25, 0.3) is 0 Å². The standard InChI is InChI=1S/C19H14Cl3N5O2/c1-28-15-3-2-9(17-11(7-23)18(24)27-19(25)26-17)4-10(15)8-29-16-6-13(21)12(20)5-14(16)22/h2-6H,8H2,1H3,(H4,24,25,26,27). The van der Waals surface area contributed by atoms with E-state index in [2.05, 4.69) is 9.97 Å². The highest BCUT2D eigenvalue weighted by Crippen LogP contribution is 2.35. The minimum atomic E-state index is -0.0345. The van der Waals surface area contributed by atoms with Crippen LogP contribution < -0.4 is 20.9 Å². The van der Waals surface area contributed by atoms with Crippen molar-refractivity contribution in [2.24, 2.45) is 0 Å². The highest BCUT2D eigenvalue weighted by atomic mass is 35.5. The number of benzene rings is 2. The van der Waals surface area contributed by atoms with E-state index in [1.165, 1.54) is 19.2 Å². The second kappa shape index (κ2) is 8.62. The topological polar surface area (TPSA) is 120 Å². The Bertz CT molecular complexity index is 1130. The molecule has 10 heteroatoms. The van der Waals surface area contributed by atoms with Crippen molar-refractivity contribution in [1.82, 2.24) is 9.97 Å². The number of ether oxygens (including phenoxy) is 2. The quantitative estimate of drug-likeness (QED) is 0.539.